The number of rotatable bonds is 10. The summed E-state index contributed by atoms with van der Waals surface area (Å²) >= 11 is 0. The summed E-state index contributed by atoms with van der Waals surface area (Å²) in [7, 11) is 3.94. The van der Waals surface area contributed by atoms with Crippen molar-refractivity contribution in [2.24, 2.45) is 15.4 Å². The molecule has 0 radical (unpaired) electrons. The first-order chi connectivity index (χ1) is 22.9. The Morgan fingerprint density at radius 3 is 2.47 bits per heavy atom. The van der Waals surface area contributed by atoms with E-state index in [2.05, 4.69) is 52.4 Å². The first-order valence-electron chi connectivity index (χ1n) is 16.0. The molecule has 1 fully saturated rings. The van der Waals surface area contributed by atoms with Crippen molar-refractivity contribution in [3.05, 3.63) is 113 Å². The molecule has 0 aliphatic carbocycles. The van der Waals surface area contributed by atoms with Gasteiger partial charge in [-0.3, -0.25) is 4.79 Å². The molecule has 0 aromatic heterocycles. The maximum Gasteiger partial charge on any atom is 0.311 e. The molecule has 3 aliphatic rings. The van der Waals surface area contributed by atoms with E-state index in [1.807, 2.05) is 70.1 Å². The number of nitroso groups, excluding NO2 is 1. The van der Waals surface area contributed by atoms with Crippen LogP contribution in [0.25, 0.3) is 0 Å². The average Bonchev–Trinajstić information content (AvgIpc) is 3.68. The average molecular weight is 665 g/mol. The molecule has 0 spiro atoms. The molecule has 3 aliphatic heterocycles. The molecular formula is C37H36N4O4S2. The van der Waals surface area contributed by atoms with E-state index >= 15 is 0 Å². The lowest BCUT2D eigenvalue weighted by Crippen LogP contribution is -2.58. The van der Waals surface area contributed by atoms with Crippen molar-refractivity contribution < 1.29 is 14.3 Å². The summed E-state index contributed by atoms with van der Waals surface area (Å²) in [5.74, 6) is 2.39. The van der Waals surface area contributed by atoms with Gasteiger partial charge < -0.3 is 14.4 Å². The van der Waals surface area contributed by atoms with E-state index in [9.17, 15) is 9.70 Å². The normalized spacial score (nSPS) is 20.7. The summed E-state index contributed by atoms with van der Waals surface area (Å²) in [6.45, 7) is 4.98. The van der Waals surface area contributed by atoms with Crippen molar-refractivity contribution in [1.82, 2.24) is 0 Å². The lowest BCUT2D eigenvalue weighted by atomic mass is 9.73. The van der Waals surface area contributed by atoms with Gasteiger partial charge in [0.25, 0.3) is 0 Å². The zero-order valence-corrected chi connectivity index (χ0v) is 28.1. The van der Waals surface area contributed by atoms with Crippen LogP contribution in [0.15, 0.2) is 106 Å². The minimum atomic E-state index is -0.833. The molecule has 10 heteroatoms. The molecule has 1 saturated heterocycles. The fraction of sp³-hybridized carbons (Fsp3) is 0.324. The monoisotopic (exact) mass is 664 g/mol. The number of carbonyl (C=O) groups is 1. The van der Waals surface area contributed by atoms with Gasteiger partial charge in [0.05, 0.1) is 23.3 Å². The SMILES string of the molecule is CC1(C)c2cc(OC(=O)CCCCC3CCSS3)ccc2N2Cc3cc(/N=N/c4ccc(N=O)cc4)ccc3OC21c1ccccc1. The summed E-state index contributed by atoms with van der Waals surface area (Å²) in [5, 5.41) is 12.5. The number of fused-ring (bicyclic) bond motifs is 4. The smallest absolute Gasteiger partial charge is 0.311 e. The fourth-order valence-corrected chi connectivity index (χ4v) is 9.92. The first-order valence-corrected chi connectivity index (χ1v) is 18.4. The highest BCUT2D eigenvalue weighted by Gasteiger charge is 2.62. The molecule has 240 valence electrons. The first kappa shape index (κ1) is 31.4. The van der Waals surface area contributed by atoms with Gasteiger partial charge in [-0.2, -0.15) is 10.2 Å². The molecule has 8 nitrogen and oxygen atoms in total. The predicted octanol–water partition coefficient (Wildman–Crippen LogP) is 10.7. The Morgan fingerprint density at radius 1 is 0.936 bits per heavy atom. The molecule has 0 amide bonds. The summed E-state index contributed by atoms with van der Waals surface area (Å²) in [5.41, 5.74) is 4.45. The van der Waals surface area contributed by atoms with E-state index < -0.39 is 11.1 Å². The van der Waals surface area contributed by atoms with Gasteiger partial charge in [-0.25, -0.2) is 0 Å². The third kappa shape index (κ3) is 6.05. The Kier molecular flexibility index (Phi) is 8.81. The topological polar surface area (TPSA) is 92.9 Å². The summed E-state index contributed by atoms with van der Waals surface area (Å²) in [6.07, 6.45) is 4.75. The van der Waals surface area contributed by atoms with E-state index in [1.54, 1.807) is 24.3 Å². The van der Waals surface area contributed by atoms with Crippen LogP contribution in [0.3, 0.4) is 0 Å². The minimum Gasteiger partial charge on any atom is -0.462 e. The van der Waals surface area contributed by atoms with Crippen LogP contribution in [0, 0.1) is 4.91 Å². The lowest BCUT2D eigenvalue weighted by Gasteiger charge is -2.50. The van der Waals surface area contributed by atoms with Gasteiger partial charge in [0.2, 0.25) is 5.72 Å². The number of benzene rings is 4. The highest BCUT2D eigenvalue weighted by atomic mass is 33.1. The molecule has 0 bridgehead atoms. The van der Waals surface area contributed by atoms with Gasteiger partial charge in [0.1, 0.15) is 17.2 Å². The summed E-state index contributed by atoms with van der Waals surface area (Å²) < 4.78 is 13.0. The molecule has 4 aromatic rings. The van der Waals surface area contributed by atoms with Crippen LogP contribution in [0.2, 0.25) is 0 Å². The van der Waals surface area contributed by atoms with Gasteiger partial charge in [0.15, 0.2) is 0 Å². The van der Waals surface area contributed by atoms with E-state index in [1.165, 1.54) is 12.2 Å². The summed E-state index contributed by atoms with van der Waals surface area (Å²) in [4.78, 5) is 25.9. The van der Waals surface area contributed by atoms with Crippen LogP contribution >= 0.6 is 21.6 Å². The molecule has 2 unspecified atom stereocenters. The van der Waals surface area contributed by atoms with E-state index in [4.69, 9.17) is 9.47 Å². The quantitative estimate of drug-likeness (QED) is 0.0416. The number of carbonyl (C=O) groups excluding carboxylic acids is 1. The van der Waals surface area contributed by atoms with E-state index in [0.717, 1.165) is 52.6 Å². The van der Waals surface area contributed by atoms with E-state index in [-0.39, 0.29) is 5.97 Å². The number of nitrogens with zero attached hydrogens (tertiary/aromatic N) is 4. The zero-order valence-electron chi connectivity index (χ0n) is 26.4. The van der Waals surface area contributed by atoms with Crippen molar-refractivity contribution >= 4 is 50.3 Å². The third-order valence-corrected chi connectivity index (χ3v) is 12.3. The Balaban J connectivity index is 1.15. The van der Waals surface area contributed by atoms with Crippen LogP contribution in [0.5, 0.6) is 11.5 Å². The second-order valence-corrected chi connectivity index (χ2v) is 15.4. The van der Waals surface area contributed by atoms with Gasteiger partial charge in [-0.15, -0.1) is 4.91 Å². The van der Waals surface area contributed by atoms with Crippen LogP contribution in [0.1, 0.15) is 62.6 Å². The molecule has 4 aromatic carbocycles. The van der Waals surface area contributed by atoms with Crippen LogP contribution in [0.4, 0.5) is 22.7 Å². The Hall–Kier alpha value is -4.15. The number of ether oxygens (including phenoxy) is 2. The van der Waals surface area contributed by atoms with Crippen molar-refractivity contribution in [2.75, 3.05) is 10.7 Å². The zero-order chi connectivity index (χ0) is 32.4. The van der Waals surface area contributed by atoms with Gasteiger partial charge in [-0.1, -0.05) is 58.3 Å². The van der Waals surface area contributed by atoms with Crippen molar-refractivity contribution in [3.8, 4) is 11.5 Å². The molecule has 3 heterocycles. The van der Waals surface area contributed by atoms with Gasteiger partial charge >= 0.3 is 5.97 Å². The Morgan fingerprint density at radius 2 is 1.70 bits per heavy atom. The predicted molar refractivity (Wildman–Crippen MR) is 189 cm³/mol. The number of hydrogen-bond donors (Lipinski definition) is 0. The Bertz CT molecular complexity index is 1810. The third-order valence-electron chi connectivity index (χ3n) is 9.31. The number of esters is 1. The second kappa shape index (κ2) is 13.2. The standard InChI is InChI=1S/C37H36N4O4S2/c1-36(2)32-23-30(44-35(42)11-7-6-10-31-20-21-46-47-31)17-18-33(32)41-24-25-22-29(39-38-27-12-14-28(40-43)15-13-27)16-19-34(25)45-37(36,41)26-8-4-3-5-9-26/h3-5,8-9,12-19,22-23,31H,6-7,10-11,20-21,24H2,1-2H3/b39-38+. The van der Waals surface area contributed by atoms with Crippen molar-refractivity contribution in [3.63, 3.8) is 0 Å². The summed E-state index contributed by atoms with van der Waals surface area (Å²) in [6, 6.07) is 28.8. The number of anilines is 1. The maximum atomic E-state index is 12.9. The molecular weight excluding hydrogens is 629 g/mol. The Labute approximate surface area is 282 Å². The molecule has 0 N–H and O–H groups in total. The second-order valence-electron chi connectivity index (χ2n) is 12.7. The van der Waals surface area contributed by atoms with Crippen LogP contribution in [-0.2, 0) is 22.5 Å². The van der Waals surface area contributed by atoms with Crippen LogP contribution in [-0.4, -0.2) is 17.0 Å². The van der Waals surface area contributed by atoms with Crippen LogP contribution < -0.4 is 14.4 Å². The fourth-order valence-electron chi connectivity index (χ4n) is 6.89. The maximum absolute atomic E-state index is 12.9. The van der Waals surface area contributed by atoms with Gasteiger partial charge in [-0.05, 0) is 105 Å². The molecule has 2 atom stereocenters. The number of azo groups is 1. The minimum absolute atomic E-state index is 0.189. The lowest BCUT2D eigenvalue weighted by molar-refractivity contribution is -0.134. The van der Waals surface area contributed by atoms with E-state index in [0.29, 0.717) is 35.8 Å². The number of hydrogen-bond acceptors (Lipinski definition) is 10. The highest BCUT2D eigenvalue weighted by Crippen LogP contribution is 2.60. The molecule has 0 saturated carbocycles. The highest BCUT2D eigenvalue weighted by molar-refractivity contribution is 8.77. The van der Waals surface area contributed by atoms with Crippen molar-refractivity contribution in [1.29, 1.82) is 0 Å². The number of unbranched alkanes of at least 4 members (excludes halogenated alkanes) is 1. The molecule has 47 heavy (non-hydrogen) atoms. The largest absolute Gasteiger partial charge is 0.462 e. The molecule has 7 rings (SSSR count). The van der Waals surface area contributed by atoms with Crippen molar-refractivity contribution in [2.45, 2.75) is 68.9 Å². The van der Waals surface area contributed by atoms with Gasteiger partial charge in [0, 0.05) is 34.2 Å².